The first-order valence-electron chi connectivity index (χ1n) is 6.37. The molecular weight excluding hydrogens is 244 g/mol. The number of aromatic nitrogens is 1. The zero-order chi connectivity index (χ0) is 14.0. The summed E-state index contributed by atoms with van der Waals surface area (Å²) in [6.07, 6.45) is 0. The summed E-state index contributed by atoms with van der Waals surface area (Å²) < 4.78 is 5.42. The highest BCUT2D eigenvalue weighted by molar-refractivity contribution is 5.99. The molecule has 0 aromatic carbocycles. The Morgan fingerprint density at radius 1 is 1.58 bits per heavy atom. The Balaban J connectivity index is 2.50. The van der Waals surface area contributed by atoms with Gasteiger partial charge in [-0.3, -0.25) is 4.79 Å². The SMILES string of the molecule is Cc1cc(C)c(C(N)=O)c(N2CCOCC2CN)n1. The largest absolute Gasteiger partial charge is 0.377 e. The monoisotopic (exact) mass is 264 g/mol. The maximum absolute atomic E-state index is 11.7. The zero-order valence-corrected chi connectivity index (χ0v) is 11.3. The minimum atomic E-state index is -0.456. The molecule has 2 heterocycles. The lowest BCUT2D eigenvalue weighted by Crippen LogP contribution is -2.50. The summed E-state index contributed by atoms with van der Waals surface area (Å²) in [6.45, 7) is 6.03. The highest BCUT2D eigenvalue weighted by Crippen LogP contribution is 2.25. The van der Waals surface area contributed by atoms with Crippen LogP contribution in [0.25, 0.3) is 0 Å². The molecule has 19 heavy (non-hydrogen) atoms. The number of nitrogens with zero attached hydrogens (tertiary/aromatic N) is 2. The van der Waals surface area contributed by atoms with Crippen LogP contribution in [0.5, 0.6) is 0 Å². The Morgan fingerprint density at radius 3 is 2.95 bits per heavy atom. The molecule has 4 N–H and O–H groups in total. The third kappa shape index (κ3) is 2.69. The van der Waals surface area contributed by atoms with Gasteiger partial charge in [-0.2, -0.15) is 0 Å². The molecule has 1 atom stereocenters. The van der Waals surface area contributed by atoms with Gasteiger partial charge in [0.05, 0.1) is 24.8 Å². The second kappa shape index (κ2) is 5.54. The first-order chi connectivity index (χ1) is 9.04. The van der Waals surface area contributed by atoms with Gasteiger partial charge in [-0.25, -0.2) is 4.98 Å². The van der Waals surface area contributed by atoms with Crippen molar-refractivity contribution in [1.82, 2.24) is 4.98 Å². The summed E-state index contributed by atoms with van der Waals surface area (Å²) in [5, 5.41) is 0. The molecule has 1 aromatic heterocycles. The number of hydrogen-bond donors (Lipinski definition) is 2. The van der Waals surface area contributed by atoms with E-state index in [-0.39, 0.29) is 6.04 Å². The number of amides is 1. The maximum Gasteiger partial charge on any atom is 0.252 e. The minimum Gasteiger partial charge on any atom is -0.377 e. The second-order valence-corrected chi connectivity index (χ2v) is 4.80. The molecular formula is C13H20N4O2. The van der Waals surface area contributed by atoms with Gasteiger partial charge in [-0.05, 0) is 25.5 Å². The van der Waals surface area contributed by atoms with Gasteiger partial charge in [0.1, 0.15) is 5.82 Å². The lowest BCUT2D eigenvalue weighted by Gasteiger charge is -2.37. The lowest BCUT2D eigenvalue weighted by atomic mass is 10.1. The number of morpholine rings is 1. The number of hydrogen-bond acceptors (Lipinski definition) is 5. The molecule has 1 unspecified atom stereocenters. The first-order valence-corrected chi connectivity index (χ1v) is 6.37. The van der Waals surface area contributed by atoms with E-state index in [4.69, 9.17) is 16.2 Å². The average Bonchev–Trinajstić information content (AvgIpc) is 2.37. The number of rotatable bonds is 3. The summed E-state index contributed by atoms with van der Waals surface area (Å²) >= 11 is 0. The van der Waals surface area contributed by atoms with Crippen LogP contribution in [-0.2, 0) is 4.74 Å². The van der Waals surface area contributed by atoms with E-state index in [1.165, 1.54) is 0 Å². The van der Waals surface area contributed by atoms with Crippen molar-refractivity contribution < 1.29 is 9.53 Å². The number of primary amides is 1. The quantitative estimate of drug-likeness (QED) is 0.799. The van der Waals surface area contributed by atoms with Gasteiger partial charge < -0.3 is 21.1 Å². The molecule has 0 spiro atoms. The highest BCUT2D eigenvalue weighted by Gasteiger charge is 2.27. The number of aryl methyl sites for hydroxylation is 2. The van der Waals surface area contributed by atoms with Crippen molar-refractivity contribution in [3.05, 3.63) is 22.9 Å². The number of pyridine rings is 1. The van der Waals surface area contributed by atoms with Gasteiger partial charge in [-0.1, -0.05) is 0 Å². The van der Waals surface area contributed by atoms with E-state index in [0.717, 1.165) is 11.3 Å². The van der Waals surface area contributed by atoms with Crippen LogP contribution in [0.4, 0.5) is 5.82 Å². The van der Waals surface area contributed by atoms with Crippen molar-refractivity contribution in [3.8, 4) is 0 Å². The van der Waals surface area contributed by atoms with Crippen LogP contribution < -0.4 is 16.4 Å². The fourth-order valence-electron chi connectivity index (χ4n) is 2.46. The zero-order valence-electron chi connectivity index (χ0n) is 11.3. The van der Waals surface area contributed by atoms with Crippen molar-refractivity contribution in [2.45, 2.75) is 19.9 Å². The van der Waals surface area contributed by atoms with Gasteiger partial charge >= 0.3 is 0 Å². The van der Waals surface area contributed by atoms with Crippen molar-refractivity contribution in [1.29, 1.82) is 0 Å². The maximum atomic E-state index is 11.7. The Bertz CT molecular complexity index is 490. The normalized spacial score (nSPS) is 19.5. The van der Waals surface area contributed by atoms with Crippen LogP contribution in [0.1, 0.15) is 21.6 Å². The number of carbonyl (C=O) groups is 1. The Kier molecular flexibility index (Phi) is 4.01. The van der Waals surface area contributed by atoms with E-state index in [1.807, 2.05) is 24.8 Å². The summed E-state index contributed by atoms with van der Waals surface area (Å²) in [5.41, 5.74) is 13.4. The molecule has 104 valence electrons. The molecule has 1 saturated heterocycles. The Morgan fingerprint density at radius 2 is 2.32 bits per heavy atom. The van der Waals surface area contributed by atoms with E-state index in [1.54, 1.807) is 0 Å². The topological polar surface area (TPSA) is 94.5 Å². The third-order valence-electron chi connectivity index (χ3n) is 3.34. The number of carbonyl (C=O) groups excluding carboxylic acids is 1. The van der Waals surface area contributed by atoms with Crippen LogP contribution in [0.3, 0.4) is 0 Å². The molecule has 6 heteroatoms. The fraction of sp³-hybridized carbons (Fsp3) is 0.538. The van der Waals surface area contributed by atoms with Crippen LogP contribution >= 0.6 is 0 Å². The summed E-state index contributed by atoms with van der Waals surface area (Å²) in [7, 11) is 0. The second-order valence-electron chi connectivity index (χ2n) is 4.80. The molecule has 0 saturated carbocycles. The van der Waals surface area contributed by atoms with E-state index in [2.05, 4.69) is 4.98 Å². The average molecular weight is 264 g/mol. The number of anilines is 1. The van der Waals surface area contributed by atoms with Crippen LogP contribution in [0.15, 0.2) is 6.07 Å². The molecule has 6 nitrogen and oxygen atoms in total. The predicted molar refractivity (Wildman–Crippen MR) is 73.2 cm³/mol. The molecule has 0 aliphatic carbocycles. The highest BCUT2D eigenvalue weighted by atomic mass is 16.5. The van der Waals surface area contributed by atoms with Gasteiger partial charge in [0.25, 0.3) is 5.91 Å². The van der Waals surface area contributed by atoms with Gasteiger partial charge in [-0.15, -0.1) is 0 Å². The lowest BCUT2D eigenvalue weighted by molar-refractivity contribution is 0.0945. The Hall–Kier alpha value is -1.66. The van der Waals surface area contributed by atoms with Crippen molar-refractivity contribution in [2.75, 3.05) is 31.2 Å². The molecule has 1 aliphatic rings. The van der Waals surface area contributed by atoms with Crippen molar-refractivity contribution in [3.63, 3.8) is 0 Å². The molecule has 1 fully saturated rings. The van der Waals surface area contributed by atoms with Crippen LogP contribution in [-0.4, -0.2) is 43.2 Å². The van der Waals surface area contributed by atoms with Gasteiger partial charge in [0.15, 0.2) is 0 Å². The predicted octanol–water partition coefficient (Wildman–Crippen LogP) is -0.0388. The van der Waals surface area contributed by atoms with Crippen molar-refractivity contribution in [2.24, 2.45) is 11.5 Å². The summed E-state index contributed by atoms with van der Waals surface area (Å²) in [5.74, 6) is 0.172. The standard InChI is InChI=1S/C13H20N4O2/c1-8-5-9(2)16-13(11(8)12(15)18)17-3-4-19-7-10(17)6-14/h5,10H,3-4,6-7,14H2,1-2H3,(H2,15,18). The molecule has 1 aliphatic heterocycles. The molecule has 0 radical (unpaired) electrons. The minimum absolute atomic E-state index is 0.0283. The molecule has 0 bridgehead atoms. The van der Waals surface area contributed by atoms with E-state index in [9.17, 15) is 4.79 Å². The van der Waals surface area contributed by atoms with E-state index >= 15 is 0 Å². The van der Waals surface area contributed by atoms with Gasteiger partial charge in [0, 0.05) is 18.8 Å². The first kappa shape index (κ1) is 13.8. The third-order valence-corrected chi connectivity index (χ3v) is 3.34. The Labute approximate surface area is 112 Å². The number of nitrogens with two attached hydrogens (primary N) is 2. The van der Waals surface area contributed by atoms with Crippen LogP contribution in [0.2, 0.25) is 0 Å². The molecule has 1 amide bonds. The van der Waals surface area contributed by atoms with Gasteiger partial charge in [0.2, 0.25) is 0 Å². The van der Waals surface area contributed by atoms with Crippen molar-refractivity contribution >= 4 is 11.7 Å². The van der Waals surface area contributed by atoms with E-state index < -0.39 is 5.91 Å². The molecule has 2 rings (SSSR count). The number of ether oxygens (including phenoxy) is 1. The summed E-state index contributed by atoms with van der Waals surface area (Å²) in [6, 6.07) is 1.89. The molecule has 1 aromatic rings. The summed E-state index contributed by atoms with van der Waals surface area (Å²) in [4.78, 5) is 18.2. The van der Waals surface area contributed by atoms with Crippen LogP contribution in [0, 0.1) is 13.8 Å². The van der Waals surface area contributed by atoms with E-state index in [0.29, 0.717) is 37.7 Å². The fourth-order valence-corrected chi connectivity index (χ4v) is 2.46. The smallest absolute Gasteiger partial charge is 0.252 e.